The first kappa shape index (κ1) is 18.4. The molecule has 1 aliphatic heterocycles. The van der Waals surface area contributed by atoms with Crippen LogP contribution in [-0.4, -0.2) is 52.6 Å². The molecule has 3 rings (SSSR count). The summed E-state index contributed by atoms with van der Waals surface area (Å²) in [6, 6.07) is 5.92. The van der Waals surface area contributed by atoms with Crippen molar-refractivity contribution in [3.05, 3.63) is 29.5 Å². The highest BCUT2D eigenvalue weighted by molar-refractivity contribution is 5.94. The highest BCUT2D eigenvalue weighted by atomic mass is 16.5. The van der Waals surface area contributed by atoms with E-state index in [9.17, 15) is 4.79 Å². The molecule has 0 unspecified atom stereocenters. The van der Waals surface area contributed by atoms with Crippen LogP contribution in [0.4, 0.5) is 0 Å². The summed E-state index contributed by atoms with van der Waals surface area (Å²) in [5.74, 6) is 0.423. The lowest BCUT2D eigenvalue weighted by Crippen LogP contribution is -2.19. The maximum Gasteiger partial charge on any atom is 0.361 e. The molecule has 0 bridgehead atoms. The lowest BCUT2D eigenvalue weighted by atomic mass is 10.0. The summed E-state index contributed by atoms with van der Waals surface area (Å²) in [5, 5.41) is 10.7. The van der Waals surface area contributed by atoms with Gasteiger partial charge in [0.25, 0.3) is 0 Å². The zero-order valence-corrected chi connectivity index (χ0v) is 15.5. The number of hydrogen-bond acceptors (Lipinski definition) is 6. The molecule has 0 radical (unpaired) electrons. The largest absolute Gasteiger partial charge is 0.493 e. The van der Waals surface area contributed by atoms with Crippen LogP contribution in [0.25, 0.3) is 11.3 Å². The second kappa shape index (κ2) is 8.80. The normalized spacial score (nSPS) is 14.5. The highest BCUT2D eigenvalue weighted by Gasteiger charge is 2.21. The van der Waals surface area contributed by atoms with E-state index in [4.69, 9.17) is 9.47 Å². The summed E-state index contributed by atoms with van der Waals surface area (Å²) in [6.45, 7) is 7.89. The molecule has 1 aromatic heterocycles. The highest BCUT2D eigenvalue weighted by Crippen LogP contribution is 2.29. The molecule has 2 heterocycles. The van der Waals surface area contributed by atoms with Gasteiger partial charge in [0.15, 0.2) is 5.69 Å². The van der Waals surface area contributed by atoms with E-state index >= 15 is 0 Å². The van der Waals surface area contributed by atoms with E-state index in [1.807, 2.05) is 18.2 Å². The number of aromatic nitrogens is 3. The van der Waals surface area contributed by atoms with Crippen molar-refractivity contribution >= 4 is 5.97 Å². The minimum Gasteiger partial charge on any atom is -0.493 e. The predicted molar refractivity (Wildman–Crippen MR) is 98.1 cm³/mol. The van der Waals surface area contributed by atoms with Crippen LogP contribution in [-0.2, 0) is 11.3 Å². The number of hydrogen-bond donors (Lipinski definition) is 1. The van der Waals surface area contributed by atoms with Crippen LogP contribution in [0.3, 0.4) is 0 Å². The third-order valence-corrected chi connectivity index (χ3v) is 4.40. The Bertz CT molecular complexity index is 738. The molecule has 1 saturated heterocycles. The quantitative estimate of drug-likeness (QED) is 0.731. The second-order valence-electron chi connectivity index (χ2n) is 6.40. The number of nitrogens with one attached hydrogen (secondary N) is 1. The van der Waals surface area contributed by atoms with Gasteiger partial charge in [0.1, 0.15) is 11.4 Å². The van der Waals surface area contributed by atoms with Crippen LogP contribution in [0.5, 0.6) is 5.75 Å². The van der Waals surface area contributed by atoms with Crippen LogP contribution in [0, 0.1) is 0 Å². The van der Waals surface area contributed by atoms with Crippen LogP contribution < -0.4 is 4.74 Å². The zero-order valence-electron chi connectivity index (χ0n) is 15.5. The number of carbonyl (C=O) groups excluding carboxylic acids is 1. The minimum absolute atomic E-state index is 0.209. The average molecular weight is 358 g/mol. The number of carbonyl (C=O) groups is 1. The van der Waals surface area contributed by atoms with Gasteiger partial charge < -0.3 is 9.47 Å². The van der Waals surface area contributed by atoms with Gasteiger partial charge in [-0.2, -0.15) is 10.3 Å². The van der Waals surface area contributed by atoms with Gasteiger partial charge in [0.05, 0.1) is 13.2 Å². The summed E-state index contributed by atoms with van der Waals surface area (Å²) in [6.07, 6.45) is 3.43. The molecule has 1 aliphatic rings. The van der Waals surface area contributed by atoms with E-state index in [1.54, 1.807) is 6.92 Å². The molecule has 1 fully saturated rings. The van der Waals surface area contributed by atoms with Crippen molar-refractivity contribution in [3.8, 4) is 17.0 Å². The van der Waals surface area contributed by atoms with Crippen molar-refractivity contribution in [2.24, 2.45) is 0 Å². The van der Waals surface area contributed by atoms with Crippen LogP contribution >= 0.6 is 0 Å². The summed E-state index contributed by atoms with van der Waals surface area (Å²) < 4.78 is 11.0. The predicted octanol–water partition coefficient (Wildman–Crippen LogP) is 3.03. The Hall–Kier alpha value is -2.41. The van der Waals surface area contributed by atoms with Gasteiger partial charge in [-0.15, -0.1) is 5.10 Å². The van der Waals surface area contributed by atoms with Gasteiger partial charge >= 0.3 is 5.97 Å². The molecule has 7 heteroatoms. The lowest BCUT2D eigenvalue weighted by molar-refractivity contribution is 0.0520. The molecule has 1 N–H and O–H groups in total. The standard InChI is InChI=1S/C19H26N4O3/c1-3-11-26-16-8-7-14(12-15(16)13-23-9-5-6-10-23)17-18(21-22-20-17)19(24)25-4-2/h7-8,12H,3-6,9-11,13H2,1-2H3,(H,20,21,22). The number of H-pyrrole nitrogens is 1. The van der Waals surface area contributed by atoms with E-state index in [0.717, 1.165) is 42.9 Å². The van der Waals surface area contributed by atoms with Crippen molar-refractivity contribution in [1.82, 2.24) is 20.3 Å². The van der Waals surface area contributed by atoms with Gasteiger partial charge in [0.2, 0.25) is 0 Å². The fourth-order valence-corrected chi connectivity index (χ4v) is 3.16. The molecule has 1 aromatic carbocycles. The van der Waals surface area contributed by atoms with E-state index in [0.29, 0.717) is 18.9 Å². The van der Waals surface area contributed by atoms with E-state index < -0.39 is 5.97 Å². The molecule has 140 valence electrons. The molecule has 26 heavy (non-hydrogen) atoms. The molecule has 0 amide bonds. The Morgan fingerprint density at radius 1 is 1.23 bits per heavy atom. The SMILES string of the molecule is CCCOc1ccc(-c2n[nH]nc2C(=O)OCC)cc1CN1CCCC1. The maximum atomic E-state index is 12.1. The van der Waals surface area contributed by atoms with Gasteiger partial charge in [0, 0.05) is 17.7 Å². The molecular formula is C19H26N4O3. The summed E-state index contributed by atoms with van der Waals surface area (Å²) in [5.41, 5.74) is 2.66. The number of esters is 1. The number of rotatable bonds is 8. The van der Waals surface area contributed by atoms with Gasteiger partial charge in [-0.25, -0.2) is 4.79 Å². The van der Waals surface area contributed by atoms with Crippen molar-refractivity contribution in [2.45, 2.75) is 39.7 Å². The summed E-state index contributed by atoms with van der Waals surface area (Å²) >= 11 is 0. The summed E-state index contributed by atoms with van der Waals surface area (Å²) in [4.78, 5) is 14.5. The van der Waals surface area contributed by atoms with Gasteiger partial charge in [-0.05, 0) is 57.5 Å². The number of likely N-dealkylation sites (tertiary alicyclic amines) is 1. The first-order chi connectivity index (χ1) is 12.7. The smallest absolute Gasteiger partial charge is 0.361 e. The van der Waals surface area contributed by atoms with Crippen molar-refractivity contribution in [2.75, 3.05) is 26.3 Å². The third-order valence-electron chi connectivity index (χ3n) is 4.40. The number of ether oxygens (including phenoxy) is 2. The minimum atomic E-state index is -0.469. The van der Waals surface area contributed by atoms with Crippen molar-refractivity contribution < 1.29 is 14.3 Å². The van der Waals surface area contributed by atoms with Gasteiger partial charge in [-0.3, -0.25) is 4.90 Å². The second-order valence-corrected chi connectivity index (χ2v) is 6.40. The molecule has 2 aromatic rings. The summed E-state index contributed by atoms with van der Waals surface area (Å²) in [7, 11) is 0. The maximum absolute atomic E-state index is 12.1. The van der Waals surface area contributed by atoms with E-state index in [-0.39, 0.29) is 5.69 Å². The topological polar surface area (TPSA) is 80.3 Å². The van der Waals surface area contributed by atoms with Crippen LogP contribution in [0.2, 0.25) is 0 Å². The Morgan fingerprint density at radius 2 is 2.04 bits per heavy atom. The van der Waals surface area contributed by atoms with Crippen LogP contribution in [0.1, 0.15) is 49.2 Å². The Labute approximate surface area is 153 Å². The number of benzene rings is 1. The monoisotopic (exact) mass is 358 g/mol. The molecule has 0 saturated carbocycles. The molecular weight excluding hydrogens is 332 g/mol. The Kier molecular flexibility index (Phi) is 6.22. The van der Waals surface area contributed by atoms with Crippen molar-refractivity contribution in [3.63, 3.8) is 0 Å². The molecule has 0 aliphatic carbocycles. The molecule has 7 nitrogen and oxygen atoms in total. The Morgan fingerprint density at radius 3 is 2.77 bits per heavy atom. The lowest BCUT2D eigenvalue weighted by Gasteiger charge is -2.18. The van der Waals surface area contributed by atoms with Crippen LogP contribution in [0.15, 0.2) is 18.2 Å². The number of aromatic amines is 1. The number of nitrogens with zero attached hydrogens (tertiary/aromatic N) is 3. The first-order valence-corrected chi connectivity index (χ1v) is 9.29. The fraction of sp³-hybridized carbons (Fsp3) is 0.526. The average Bonchev–Trinajstić information content (AvgIpc) is 3.32. The van der Waals surface area contributed by atoms with E-state index in [1.165, 1.54) is 12.8 Å². The molecule has 0 spiro atoms. The molecule has 0 atom stereocenters. The fourth-order valence-electron chi connectivity index (χ4n) is 3.16. The third kappa shape index (κ3) is 4.22. The van der Waals surface area contributed by atoms with Gasteiger partial charge in [-0.1, -0.05) is 6.92 Å². The van der Waals surface area contributed by atoms with E-state index in [2.05, 4.69) is 27.2 Å². The first-order valence-electron chi connectivity index (χ1n) is 9.29. The van der Waals surface area contributed by atoms with Crippen molar-refractivity contribution in [1.29, 1.82) is 0 Å². The zero-order chi connectivity index (χ0) is 18.4. The Balaban J connectivity index is 1.90.